The molecule has 0 aliphatic heterocycles. The van der Waals surface area contributed by atoms with E-state index < -0.39 is 21.9 Å². The van der Waals surface area contributed by atoms with Crippen molar-refractivity contribution in [2.75, 3.05) is 20.6 Å². The molecule has 0 atom stereocenters. The second kappa shape index (κ2) is 6.68. The first kappa shape index (κ1) is 17.1. The molecule has 0 aliphatic carbocycles. The summed E-state index contributed by atoms with van der Waals surface area (Å²) in [7, 11) is -1.25. The Hall–Kier alpha value is -1.93. The Morgan fingerprint density at radius 1 is 1.33 bits per heavy atom. The third-order valence-electron chi connectivity index (χ3n) is 3.05. The second-order valence-corrected chi connectivity index (χ2v) is 6.46. The number of carbonyl (C=O) groups is 2. The Morgan fingerprint density at radius 3 is 2.43 bits per heavy atom. The van der Waals surface area contributed by atoms with Gasteiger partial charge in [-0.15, -0.1) is 0 Å². The van der Waals surface area contributed by atoms with Crippen LogP contribution in [-0.4, -0.2) is 50.3 Å². The van der Waals surface area contributed by atoms with Crippen molar-refractivity contribution in [3.8, 4) is 0 Å². The van der Waals surface area contributed by atoms with Gasteiger partial charge in [0.2, 0.25) is 15.9 Å². The summed E-state index contributed by atoms with van der Waals surface area (Å²) in [5.74, 6) is -1.64. The molecule has 1 rings (SSSR count). The van der Waals surface area contributed by atoms with Gasteiger partial charge in [0.25, 0.3) is 0 Å². The van der Waals surface area contributed by atoms with Gasteiger partial charge in [0.1, 0.15) is 0 Å². The number of sulfonamides is 1. The molecule has 0 fully saturated rings. The Morgan fingerprint density at radius 2 is 1.95 bits per heavy atom. The normalized spacial score (nSPS) is 11.4. The fraction of sp³-hybridized carbons (Fsp3) is 0.385. The third-order valence-corrected chi connectivity index (χ3v) is 4.85. The first-order valence-electron chi connectivity index (χ1n) is 6.27. The van der Waals surface area contributed by atoms with Gasteiger partial charge in [0, 0.05) is 14.1 Å². The number of carboxylic acids is 1. The maximum absolute atomic E-state index is 12.3. The summed E-state index contributed by atoms with van der Waals surface area (Å²) in [5, 5.41) is 11.5. The van der Waals surface area contributed by atoms with Crippen molar-refractivity contribution in [1.82, 2.24) is 9.62 Å². The maximum Gasteiger partial charge on any atom is 0.336 e. The number of rotatable bonds is 6. The number of hydrogen-bond donors (Lipinski definition) is 2. The lowest BCUT2D eigenvalue weighted by Crippen LogP contribution is -2.36. The highest BCUT2D eigenvalue weighted by Crippen LogP contribution is 2.19. The van der Waals surface area contributed by atoms with Gasteiger partial charge in [-0.1, -0.05) is 13.0 Å². The van der Waals surface area contributed by atoms with Crippen LogP contribution in [0.25, 0.3) is 0 Å². The number of aromatic carboxylic acids is 1. The molecule has 116 valence electrons. The molecule has 1 aromatic carbocycles. The maximum atomic E-state index is 12.3. The fourth-order valence-corrected chi connectivity index (χ4v) is 2.92. The SMILES string of the molecule is CCc1ccc(S(=O)(=O)N(C)CC(=O)NC)cc1C(=O)O. The van der Waals surface area contributed by atoms with Gasteiger partial charge in [0.15, 0.2) is 0 Å². The molecule has 0 spiro atoms. The molecule has 21 heavy (non-hydrogen) atoms. The summed E-state index contributed by atoms with van der Waals surface area (Å²) in [4.78, 5) is 22.3. The number of carboxylic acid groups (broad SMARTS) is 1. The van der Waals surface area contributed by atoms with E-state index in [1.807, 2.05) is 0 Å². The van der Waals surface area contributed by atoms with Crippen LogP contribution in [0.5, 0.6) is 0 Å². The molecule has 0 radical (unpaired) electrons. The molecule has 0 aromatic heterocycles. The minimum Gasteiger partial charge on any atom is -0.478 e. The van der Waals surface area contributed by atoms with Crippen LogP contribution in [-0.2, 0) is 21.2 Å². The Kier molecular flexibility index (Phi) is 5.45. The van der Waals surface area contributed by atoms with Crippen molar-refractivity contribution in [3.63, 3.8) is 0 Å². The van der Waals surface area contributed by atoms with Gasteiger partial charge in [-0.25, -0.2) is 13.2 Å². The minimum absolute atomic E-state index is 0.0491. The van der Waals surface area contributed by atoms with E-state index in [0.717, 1.165) is 10.4 Å². The number of hydrogen-bond acceptors (Lipinski definition) is 4. The highest BCUT2D eigenvalue weighted by atomic mass is 32.2. The van der Waals surface area contributed by atoms with E-state index >= 15 is 0 Å². The topological polar surface area (TPSA) is 104 Å². The molecule has 0 unspecified atom stereocenters. The summed E-state index contributed by atoms with van der Waals surface area (Å²) in [5.41, 5.74) is 0.502. The molecule has 2 N–H and O–H groups in total. The number of amides is 1. The monoisotopic (exact) mass is 314 g/mol. The molecule has 1 aromatic rings. The highest BCUT2D eigenvalue weighted by Gasteiger charge is 2.24. The smallest absolute Gasteiger partial charge is 0.336 e. The van der Waals surface area contributed by atoms with E-state index in [9.17, 15) is 18.0 Å². The number of nitrogens with zero attached hydrogens (tertiary/aromatic N) is 1. The van der Waals surface area contributed by atoms with Crippen LogP contribution in [0.3, 0.4) is 0 Å². The molecule has 0 saturated heterocycles. The van der Waals surface area contributed by atoms with Crippen LogP contribution >= 0.6 is 0 Å². The Labute approximate surface area is 123 Å². The second-order valence-electron chi connectivity index (χ2n) is 4.41. The van der Waals surface area contributed by atoms with E-state index in [4.69, 9.17) is 5.11 Å². The van der Waals surface area contributed by atoms with Gasteiger partial charge in [0.05, 0.1) is 17.0 Å². The zero-order valence-corrected chi connectivity index (χ0v) is 12.9. The number of aryl methyl sites for hydroxylation is 1. The van der Waals surface area contributed by atoms with Crippen molar-refractivity contribution in [2.45, 2.75) is 18.2 Å². The first-order chi connectivity index (χ1) is 9.73. The third kappa shape index (κ3) is 3.79. The lowest BCUT2D eigenvalue weighted by Gasteiger charge is -2.17. The lowest BCUT2D eigenvalue weighted by atomic mass is 10.1. The minimum atomic E-state index is -3.92. The molecular weight excluding hydrogens is 296 g/mol. The van der Waals surface area contributed by atoms with Crippen LogP contribution in [0, 0.1) is 0 Å². The number of benzene rings is 1. The standard InChI is InChI=1S/C13H18N2O5S/c1-4-9-5-6-10(7-11(9)13(17)18)21(19,20)15(3)8-12(16)14-2/h5-7H,4,8H2,1-3H3,(H,14,16)(H,17,18). The molecule has 8 heteroatoms. The largest absolute Gasteiger partial charge is 0.478 e. The van der Waals surface area contributed by atoms with Crippen LogP contribution in [0.15, 0.2) is 23.1 Å². The molecule has 0 heterocycles. The molecule has 1 amide bonds. The zero-order valence-electron chi connectivity index (χ0n) is 12.1. The van der Waals surface area contributed by atoms with Crippen molar-refractivity contribution in [2.24, 2.45) is 0 Å². The van der Waals surface area contributed by atoms with Crippen LogP contribution < -0.4 is 5.32 Å². The van der Waals surface area contributed by atoms with Gasteiger partial charge >= 0.3 is 5.97 Å². The van der Waals surface area contributed by atoms with E-state index in [1.165, 1.54) is 26.2 Å². The highest BCUT2D eigenvalue weighted by molar-refractivity contribution is 7.89. The van der Waals surface area contributed by atoms with Gasteiger partial charge in [-0.3, -0.25) is 4.79 Å². The Balaban J connectivity index is 3.23. The van der Waals surface area contributed by atoms with E-state index in [2.05, 4.69) is 5.32 Å². The van der Waals surface area contributed by atoms with Gasteiger partial charge in [-0.05, 0) is 24.1 Å². The number of carbonyl (C=O) groups excluding carboxylic acids is 1. The van der Waals surface area contributed by atoms with Gasteiger partial charge < -0.3 is 10.4 Å². The van der Waals surface area contributed by atoms with Gasteiger partial charge in [-0.2, -0.15) is 4.31 Å². The molecule has 0 saturated carbocycles. The number of likely N-dealkylation sites (N-methyl/N-ethyl adjacent to an activating group) is 2. The quantitative estimate of drug-likeness (QED) is 0.786. The fourth-order valence-electron chi connectivity index (χ4n) is 1.77. The molecule has 0 aliphatic rings. The zero-order chi connectivity index (χ0) is 16.2. The van der Waals surface area contributed by atoms with Crippen molar-refractivity contribution < 1.29 is 23.1 Å². The van der Waals surface area contributed by atoms with Crippen molar-refractivity contribution in [3.05, 3.63) is 29.3 Å². The van der Waals surface area contributed by atoms with Crippen molar-refractivity contribution in [1.29, 1.82) is 0 Å². The molecule has 0 bridgehead atoms. The predicted molar refractivity (Wildman–Crippen MR) is 76.7 cm³/mol. The van der Waals surface area contributed by atoms with Crippen LogP contribution in [0.1, 0.15) is 22.8 Å². The number of nitrogens with one attached hydrogen (secondary N) is 1. The van der Waals surface area contributed by atoms with E-state index in [-0.39, 0.29) is 17.0 Å². The summed E-state index contributed by atoms with van der Waals surface area (Å²) in [6.07, 6.45) is 0.482. The first-order valence-corrected chi connectivity index (χ1v) is 7.71. The Bertz CT molecular complexity index is 655. The summed E-state index contributed by atoms with van der Waals surface area (Å²) < 4.78 is 25.5. The van der Waals surface area contributed by atoms with Crippen LogP contribution in [0.2, 0.25) is 0 Å². The summed E-state index contributed by atoms with van der Waals surface area (Å²) in [6.45, 7) is 1.45. The average Bonchev–Trinajstić information content (AvgIpc) is 2.45. The van der Waals surface area contributed by atoms with E-state index in [1.54, 1.807) is 6.92 Å². The molecule has 7 nitrogen and oxygen atoms in total. The van der Waals surface area contributed by atoms with Crippen LogP contribution in [0.4, 0.5) is 0 Å². The van der Waals surface area contributed by atoms with E-state index in [0.29, 0.717) is 12.0 Å². The summed E-state index contributed by atoms with van der Waals surface area (Å²) in [6, 6.07) is 3.95. The summed E-state index contributed by atoms with van der Waals surface area (Å²) >= 11 is 0. The van der Waals surface area contributed by atoms with Crippen molar-refractivity contribution >= 4 is 21.9 Å². The lowest BCUT2D eigenvalue weighted by molar-refractivity contribution is -0.120. The molecular formula is C13H18N2O5S. The average molecular weight is 314 g/mol. The predicted octanol–water partition coefficient (Wildman–Crippen LogP) is 0.314.